The summed E-state index contributed by atoms with van der Waals surface area (Å²) in [7, 11) is 0. The molecule has 4 aliphatic carbocycles. The van der Waals surface area contributed by atoms with Crippen LogP contribution in [0.15, 0.2) is 24.3 Å². The highest BCUT2D eigenvalue weighted by Crippen LogP contribution is 2.63. The summed E-state index contributed by atoms with van der Waals surface area (Å²) in [6, 6.07) is 0. The molecule has 0 aromatic heterocycles. The molecule has 5 fully saturated rings. The Morgan fingerprint density at radius 2 is 1.54 bits per heavy atom. The van der Waals surface area contributed by atoms with Gasteiger partial charge in [-0.15, -0.1) is 0 Å². The van der Waals surface area contributed by atoms with Crippen LogP contribution < -0.4 is 0 Å². The van der Waals surface area contributed by atoms with E-state index < -0.39 is 17.3 Å². The molecule has 5 aliphatic rings. The number of aliphatic hydroxyl groups excluding tert-OH is 1. The second-order valence-corrected chi connectivity index (χ2v) is 13.6. The monoisotopic (exact) mass is 484 g/mol. The minimum atomic E-state index is -0.654. The molecule has 1 N–H and O–H groups in total. The number of hydrogen-bond donors (Lipinski definition) is 1. The van der Waals surface area contributed by atoms with Gasteiger partial charge in [0.1, 0.15) is 12.4 Å². The molecule has 5 nitrogen and oxygen atoms in total. The Labute approximate surface area is 210 Å². The maximum atomic E-state index is 12.6. The minimum absolute atomic E-state index is 0.0381. The maximum Gasteiger partial charge on any atom is 0.334 e. The number of esters is 1. The molecule has 0 spiro atoms. The molecule has 194 valence electrons. The van der Waals surface area contributed by atoms with Crippen molar-refractivity contribution in [2.24, 2.45) is 34.5 Å². The zero-order valence-corrected chi connectivity index (χ0v) is 22.1. The third kappa shape index (κ3) is 3.70. The highest BCUT2D eigenvalue weighted by molar-refractivity contribution is 5.91. The van der Waals surface area contributed by atoms with Crippen molar-refractivity contribution in [3.63, 3.8) is 0 Å². The van der Waals surface area contributed by atoms with E-state index >= 15 is 0 Å². The molecule has 0 bridgehead atoms. The molecule has 5 heteroatoms. The number of carbonyl (C=O) groups excluding carboxylic acids is 2. The Hall–Kier alpha value is -1.46. The zero-order valence-electron chi connectivity index (χ0n) is 22.1. The van der Waals surface area contributed by atoms with Crippen molar-refractivity contribution in [1.29, 1.82) is 0 Å². The van der Waals surface area contributed by atoms with Gasteiger partial charge in [0, 0.05) is 29.2 Å². The van der Waals surface area contributed by atoms with Crippen LogP contribution in [0, 0.1) is 34.5 Å². The number of aliphatic hydroxyl groups is 1. The molecule has 0 aromatic carbocycles. The molecular weight excluding hydrogens is 440 g/mol. The molecule has 1 saturated heterocycles. The predicted octanol–water partition coefficient (Wildman–Crippen LogP) is 5.55. The molecular formula is C30H44O5. The number of ether oxygens (including phenoxy) is 2. The van der Waals surface area contributed by atoms with E-state index in [1.54, 1.807) is 0 Å². The van der Waals surface area contributed by atoms with Gasteiger partial charge in [0.05, 0.1) is 17.3 Å². The molecule has 0 radical (unpaired) electrons. The molecule has 1 aliphatic heterocycles. The Morgan fingerprint density at radius 3 is 2.17 bits per heavy atom. The second kappa shape index (κ2) is 8.28. The van der Waals surface area contributed by atoms with Gasteiger partial charge in [-0.3, -0.25) is 4.79 Å². The highest BCUT2D eigenvalue weighted by atomic mass is 16.6. The molecule has 10 atom stereocenters. The van der Waals surface area contributed by atoms with Crippen molar-refractivity contribution in [1.82, 2.24) is 0 Å². The summed E-state index contributed by atoms with van der Waals surface area (Å²) in [5.74, 6) is -0.366. The second-order valence-electron chi connectivity index (χ2n) is 13.6. The maximum absolute atomic E-state index is 12.6. The lowest BCUT2D eigenvalue weighted by molar-refractivity contribution is -0.285. The fourth-order valence-electron chi connectivity index (χ4n) is 9.76. The van der Waals surface area contributed by atoms with Crippen molar-refractivity contribution in [3.8, 4) is 0 Å². The molecule has 0 aromatic rings. The first kappa shape index (κ1) is 25.2. The van der Waals surface area contributed by atoms with Crippen molar-refractivity contribution in [2.75, 3.05) is 0 Å². The van der Waals surface area contributed by atoms with Crippen LogP contribution in [0.2, 0.25) is 0 Å². The van der Waals surface area contributed by atoms with E-state index in [2.05, 4.69) is 40.9 Å². The minimum Gasteiger partial charge on any atom is -0.458 e. The summed E-state index contributed by atoms with van der Waals surface area (Å²) in [5.41, 5.74) is 0.127. The van der Waals surface area contributed by atoms with Crippen molar-refractivity contribution in [3.05, 3.63) is 24.3 Å². The van der Waals surface area contributed by atoms with Gasteiger partial charge >= 0.3 is 5.97 Å². The van der Waals surface area contributed by atoms with Crippen LogP contribution in [0.25, 0.3) is 0 Å². The third-order valence-electron chi connectivity index (χ3n) is 11.2. The molecule has 5 rings (SSSR count). The molecule has 35 heavy (non-hydrogen) atoms. The van der Waals surface area contributed by atoms with Gasteiger partial charge in [-0.2, -0.15) is 0 Å². The first-order valence-corrected chi connectivity index (χ1v) is 13.8. The number of fused-ring (bicyclic) bond motifs is 4. The summed E-state index contributed by atoms with van der Waals surface area (Å²) in [5, 5.41) is 11.7. The molecule has 4 saturated carbocycles. The smallest absolute Gasteiger partial charge is 0.334 e. The first-order chi connectivity index (χ1) is 16.4. The van der Waals surface area contributed by atoms with E-state index in [9.17, 15) is 14.7 Å². The largest absolute Gasteiger partial charge is 0.458 e. The van der Waals surface area contributed by atoms with E-state index in [0.29, 0.717) is 11.1 Å². The Balaban J connectivity index is 1.51. The van der Waals surface area contributed by atoms with Crippen molar-refractivity contribution in [2.45, 2.75) is 115 Å². The summed E-state index contributed by atoms with van der Waals surface area (Å²) < 4.78 is 13.4. The van der Waals surface area contributed by atoms with Crippen molar-refractivity contribution >= 4 is 12.3 Å². The third-order valence-corrected chi connectivity index (χ3v) is 11.2. The van der Waals surface area contributed by atoms with Gasteiger partial charge in [-0.25, -0.2) is 4.79 Å². The van der Waals surface area contributed by atoms with Crippen LogP contribution in [0.5, 0.6) is 0 Å². The van der Waals surface area contributed by atoms with E-state index in [-0.39, 0.29) is 46.6 Å². The summed E-state index contributed by atoms with van der Waals surface area (Å²) in [6.45, 7) is 17.1. The van der Waals surface area contributed by atoms with Crippen molar-refractivity contribution < 1.29 is 24.2 Å². The lowest BCUT2D eigenvalue weighted by atomic mass is 9.50. The highest BCUT2D eigenvalue weighted by Gasteiger charge is 2.64. The Morgan fingerprint density at radius 1 is 0.971 bits per heavy atom. The molecule has 0 unspecified atom stereocenters. The number of rotatable bonds is 4. The lowest BCUT2D eigenvalue weighted by Gasteiger charge is -2.63. The van der Waals surface area contributed by atoms with Gasteiger partial charge in [0.25, 0.3) is 0 Å². The van der Waals surface area contributed by atoms with E-state index in [1.807, 2.05) is 0 Å². The summed E-state index contributed by atoms with van der Waals surface area (Å²) in [6.07, 6.45) is 9.85. The van der Waals surface area contributed by atoms with E-state index in [1.165, 1.54) is 0 Å². The number of aldehydes is 1. The molecule has 0 amide bonds. The standard InChI is InChI=1S/C30H44O5/c1-18(17-31)20-9-15-27(3)11-7-13-29(5,24(27)22(20)32)35-30(6)14-8-12-28(4)16-10-21-19(2)26(33)34-23(21)25(28)30/h17,20-25,32H,1-2,7-16H2,3-6H3/t20-,21-,22-,23-,24+,25+,27+,28+,29+,30-/m0/s1. The van der Waals surface area contributed by atoms with Crippen LogP contribution >= 0.6 is 0 Å². The zero-order chi connectivity index (χ0) is 25.4. The quantitative estimate of drug-likeness (QED) is 0.322. The fraction of sp³-hybridized carbons (Fsp3) is 0.800. The van der Waals surface area contributed by atoms with E-state index in [0.717, 1.165) is 70.5 Å². The van der Waals surface area contributed by atoms with Gasteiger partial charge in [0.2, 0.25) is 0 Å². The topological polar surface area (TPSA) is 72.8 Å². The van der Waals surface area contributed by atoms with Gasteiger partial charge in [-0.1, -0.05) is 39.8 Å². The van der Waals surface area contributed by atoms with E-state index in [4.69, 9.17) is 9.47 Å². The first-order valence-electron chi connectivity index (χ1n) is 13.8. The summed E-state index contributed by atoms with van der Waals surface area (Å²) in [4.78, 5) is 24.1. The van der Waals surface area contributed by atoms with Crippen LogP contribution in [-0.4, -0.2) is 40.8 Å². The van der Waals surface area contributed by atoms with Crippen LogP contribution in [-0.2, 0) is 19.1 Å². The van der Waals surface area contributed by atoms with Crippen LogP contribution in [0.3, 0.4) is 0 Å². The fourth-order valence-corrected chi connectivity index (χ4v) is 9.76. The lowest BCUT2D eigenvalue weighted by Crippen LogP contribution is -2.65. The van der Waals surface area contributed by atoms with Gasteiger partial charge < -0.3 is 14.6 Å². The average Bonchev–Trinajstić information content (AvgIpc) is 3.05. The average molecular weight is 485 g/mol. The van der Waals surface area contributed by atoms with Crippen LogP contribution in [0.4, 0.5) is 0 Å². The predicted molar refractivity (Wildman–Crippen MR) is 134 cm³/mol. The van der Waals surface area contributed by atoms with Gasteiger partial charge in [0.15, 0.2) is 0 Å². The normalized spacial score (nSPS) is 51.6. The SMILES string of the molecule is C=C(C=O)[C@@H]1CC[C@@]2(C)CCC[C@@](C)(O[C@@]3(C)CCC[C@]4(C)CC[C@H]5C(=C)C(=O)O[C@@H]5[C@H]43)[C@@H]2[C@H]1O. The summed E-state index contributed by atoms with van der Waals surface area (Å²) >= 11 is 0. The number of hydrogen-bond acceptors (Lipinski definition) is 5. The Bertz CT molecular complexity index is 941. The number of carbonyl (C=O) groups is 2. The van der Waals surface area contributed by atoms with Crippen LogP contribution in [0.1, 0.15) is 91.9 Å². The molecule has 1 heterocycles. The Kier molecular flexibility index (Phi) is 5.96. The van der Waals surface area contributed by atoms with Gasteiger partial charge in [-0.05, 0) is 81.6 Å².